The third-order valence-electron chi connectivity index (χ3n) is 9.18. The number of aliphatic hydroxyl groups excluding tert-OH is 1. The van der Waals surface area contributed by atoms with Gasteiger partial charge in [-0.15, -0.1) is 0 Å². The Morgan fingerprint density at radius 3 is 2.62 bits per heavy atom. The molecule has 0 amide bonds. The van der Waals surface area contributed by atoms with Crippen LogP contribution in [-0.4, -0.2) is 52.0 Å². The van der Waals surface area contributed by atoms with E-state index in [1.807, 2.05) is 20.1 Å². The van der Waals surface area contributed by atoms with Crippen LogP contribution in [0.25, 0.3) is 0 Å². The Kier molecular flexibility index (Phi) is 5.57. The molecule has 4 aliphatic carbocycles. The van der Waals surface area contributed by atoms with E-state index < -0.39 is 40.1 Å². The molecule has 0 bridgehead atoms. The van der Waals surface area contributed by atoms with E-state index in [-0.39, 0.29) is 35.6 Å². The van der Waals surface area contributed by atoms with Gasteiger partial charge in [0.1, 0.15) is 0 Å². The summed E-state index contributed by atoms with van der Waals surface area (Å²) in [5, 5.41) is 11.4. The molecule has 0 radical (unpaired) electrons. The molecule has 0 saturated heterocycles. The Morgan fingerprint density at radius 1 is 1.31 bits per heavy atom. The molecular weight excluding hydrogens is 431 g/mol. The van der Waals surface area contributed by atoms with Crippen molar-refractivity contribution in [1.29, 1.82) is 0 Å². The molecule has 8 atom stereocenters. The van der Waals surface area contributed by atoms with Gasteiger partial charge in [-0.05, 0) is 56.9 Å². The number of ether oxygens (including phenoxy) is 1. The van der Waals surface area contributed by atoms with E-state index in [9.17, 15) is 19.5 Å². The van der Waals surface area contributed by atoms with Crippen LogP contribution in [0.4, 0.5) is 4.39 Å². The molecule has 0 aromatic rings. The summed E-state index contributed by atoms with van der Waals surface area (Å²) in [6.45, 7) is 6.89. The summed E-state index contributed by atoms with van der Waals surface area (Å²) in [7, 11) is 0. The zero-order chi connectivity index (χ0) is 23.7. The SMILES string of the molecule is CSCC(=O)[C@@]1(OC(C)=O)[C@@H](C)C[C@H]2[C@@H]3CCC4=CC(=O)C=C[C@]4(C)[C@@]3(F)[C@@H](O)C[C@@]21C. The maximum atomic E-state index is 17.2. The summed E-state index contributed by atoms with van der Waals surface area (Å²) in [6, 6.07) is 0. The number of carbonyl (C=O) groups excluding carboxylic acids is 3. The lowest BCUT2D eigenvalue weighted by Crippen LogP contribution is -2.70. The van der Waals surface area contributed by atoms with Crippen LogP contribution in [0.1, 0.15) is 53.4 Å². The number of hydrogen-bond acceptors (Lipinski definition) is 6. The topological polar surface area (TPSA) is 80.7 Å². The Balaban J connectivity index is 1.85. The lowest BCUT2D eigenvalue weighted by molar-refractivity contribution is -0.226. The van der Waals surface area contributed by atoms with Gasteiger partial charge in [0.15, 0.2) is 22.8 Å². The number of fused-ring (bicyclic) bond motifs is 5. The van der Waals surface area contributed by atoms with Crippen LogP contribution in [0.3, 0.4) is 0 Å². The van der Waals surface area contributed by atoms with Crippen molar-refractivity contribution in [3.63, 3.8) is 0 Å². The maximum Gasteiger partial charge on any atom is 0.303 e. The summed E-state index contributed by atoms with van der Waals surface area (Å²) < 4.78 is 23.1. The lowest BCUT2D eigenvalue weighted by atomic mass is 9.44. The number of Topliss-reactive ketones (excluding diaryl/α,β-unsaturated/α-hetero) is 1. The predicted molar refractivity (Wildman–Crippen MR) is 121 cm³/mol. The molecule has 3 fully saturated rings. The highest BCUT2D eigenvalue weighted by atomic mass is 32.2. The van der Waals surface area contributed by atoms with Crippen molar-refractivity contribution in [3.05, 3.63) is 23.8 Å². The first-order valence-electron chi connectivity index (χ1n) is 11.4. The van der Waals surface area contributed by atoms with Crippen molar-refractivity contribution in [2.75, 3.05) is 12.0 Å². The number of esters is 1. The first kappa shape index (κ1) is 23.7. The molecule has 4 rings (SSSR count). The quantitative estimate of drug-likeness (QED) is 0.637. The second-order valence-electron chi connectivity index (χ2n) is 10.6. The minimum atomic E-state index is -1.97. The van der Waals surface area contributed by atoms with E-state index in [4.69, 9.17) is 4.74 Å². The number of carbonyl (C=O) groups is 3. The smallest absolute Gasteiger partial charge is 0.303 e. The van der Waals surface area contributed by atoms with Gasteiger partial charge < -0.3 is 9.84 Å². The van der Waals surface area contributed by atoms with Gasteiger partial charge in [0.2, 0.25) is 0 Å². The molecule has 3 saturated carbocycles. The Morgan fingerprint density at radius 2 is 2.00 bits per heavy atom. The third kappa shape index (κ3) is 2.76. The fourth-order valence-electron chi connectivity index (χ4n) is 7.86. The molecule has 4 aliphatic rings. The molecule has 0 spiro atoms. The van der Waals surface area contributed by atoms with Crippen LogP contribution >= 0.6 is 11.8 Å². The second kappa shape index (κ2) is 7.52. The van der Waals surface area contributed by atoms with Crippen LogP contribution in [0.2, 0.25) is 0 Å². The van der Waals surface area contributed by atoms with E-state index in [2.05, 4.69) is 0 Å². The maximum absolute atomic E-state index is 17.2. The molecule has 1 N–H and O–H groups in total. The average Bonchev–Trinajstić information content (AvgIpc) is 2.91. The largest absolute Gasteiger partial charge is 0.450 e. The molecule has 7 heteroatoms. The van der Waals surface area contributed by atoms with Gasteiger partial charge in [-0.3, -0.25) is 14.4 Å². The molecular formula is C25H33FO5S. The normalized spacial score (nSPS) is 47.2. The zero-order valence-electron chi connectivity index (χ0n) is 19.4. The van der Waals surface area contributed by atoms with Crippen molar-refractivity contribution in [2.24, 2.45) is 28.6 Å². The van der Waals surface area contributed by atoms with Gasteiger partial charge >= 0.3 is 5.97 Å². The number of allylic oxidation sites excluding steroid dienone is 4. The van der Waals surface area contributed by atoms with E-state index in [1.165, 1.54) is 30.8 Å². The number of rotatable bonds is 4. The summed E-state index contributed by atoms with van der Waals surface area (Å²) >= 11 is 1.37. The number of halogens is 1. The fraction of sp³-hybridized carbons (Fsp3) is 0.720. The summed E-state index contributed by atoms with van der Waals surface area (Å²) in [6.07, 6.45) is 6.62. The van der Waals surface area contributed by atoms with Crippen LogP contribution in [-0.2, 0) is 19.1 Å². The van der Waals surface area contributed by atoms with Crippen molar-refractivity contribution < 1.29 is 28.6 Å². The molecule has 0 unspecified atom stereocenters. The summed E-state index contributed by atoms with van der Waals surface area (Å²) in [5.74, 6) is -1.70. The van der Waals surface area contributed by atoms with Crippen molar-refractivity contribution in [3.8, 4) is 0 Å². The van der Waals surface area contributed by atoms with Crippen LogP contribution in [0, 0.1) is 28.6 Å². The van der Waals surface area contributed by atoms with Crippen LogP contribution in [0.5, 0.6) is 0 Å². The summed E-state index contributed by atoms with van der Waals surface area (Å²) in [4.78, 5) is 37.7. The monoisotopic (exact) mass is 464 g/mol. The Labute approximate surface area is 193 Å². The number of alkyl halides is 1. The summed E-state index contributed by atoms with van der Waals surface area (Å²) in [5.41, 5.74) is -4.58. The number of hydrogen-bond donors (Lipinski definition) is 1. The van der Waals surface area contributed by atoms with E-state index in [0.29, 0.717) is 19.3 Å². The highest BCUT2D eigenvalue weighted by Gasteiger charge is 2.77. The Bertz CT molecular complexity index is 929. The number of aliphatic hydroxyl groups is 1. The molecule has 0 aliphatic heterocycles. The van der Waals surface area contributed by atoms with Gasteiger partial charge in [0, 0.05) is 29.6 Å². The Hall–Kier alpha value is -1.47. The minimum Gasteiger partial charge on any atom is -0.450 e. The van der Waals surface area contributed by atoms with Crippen molar-refractivity contribution in [1.82, 2.24) is 0 Å². The molecule has 32 heavy (non-hydrogen) atoms. The molecule has 0 aromatic carbocycles. The zero-order valence-corrected chi connectivity index (χ0v) is 20.3. The molecule has 0 heterocycles. The molecule has 0 aromatic heterocycles. The van der Waals surface area contributed by atoms with Crippen molar-refractivity contribution in [2.45, 2.75) is 70.8 Å². The number of ketones is 2. The third-order valence-corrected chi connectivity index (χ3v) is 9.73. The molecule has 5 nitrogen and oxygen atoms in total. The van der Waals surface area contributed by atoms with Gasteiger partial charge in [0.25, 0.3) is 0 Å². The van der Waals surface area contributed by atoms with Gasteiger partial charge in [-0.25, -0.2) is 4.39 Å². The van der Waals surface area contributed by atoms with Gasteiger partial charge in [-0.1, -0.05) is 25.5 Å². The number of thioether (sulfide) groups is 1. The second-order valence-corrected chi connectivity index (χ2v) is 11.5. The first-order valence-corrected chi connectivity index (χ1v) is 12.8. The highest BCUT2D eigenvalue weighted by molar-refractivity contribution is 7.99. The average molecular weight is 465 g/mol. The first-order chi connectivity index (χ1) is 14.9. The standard InChI is InChI=1S/C25H33FO5S/c1-14-10-19-18-7-6-16-11-17(28)8-9-22(16,3)24(18,26)20(29)12-23(19,4)25(14,31-15(2)27)21(30)13-32-5/h8-9,11,14,18-20,29H,6-7,10,12-13H2,1-5H3/t14-,18-,19-,20-,22-,23-,24-,25-/m0/s1. The minimum absolute atomic E-state index is 0.0209. The van der Waals surface area contributed by atoms with Crippen LogP contribution < -0.4 is 0 Å². The van der Waals surface area contributed by atoms with E-state index in [1.54, 1.807) is 13.0 Å². The fourth-order valence-corrected chi connectivity index (χ4v) is 8.34. The molecule has 176 valence electrons. The lowest BCUT2D eigenvalue weighted by Gasteiger charge is -2.62. The van der Waals surface area contributed by atoms with E-state index in [0.717, 1.165) is 5.57 Å². The van der Waals surface area contributed by atoms with Gasteiger partial charge in [0.05, 0.1) is 11.9 Å². The highest BCUT2D eigenvalue weighted by Crippen LogP contribution is 2.71. The van der Waals surface area contributed by atoms with Crippen LogP contribution in [0.15, 0.2) is 23.8 Å². The predicted octanol–water partition coefficient (Wildman–Crippen LogP) is 3.84. The van der Waals surface area contributed by atoms with Crippen molar-refractivity contribution >= 4 is 29.3 Å². The van der Waals surface area contributed by atoms with Gasteiger partial charge in [-0.2, -0.15) is 11.8 Å². The van der Waals surface area contributed by atoms with E-state index >= 15 is 4.39 Å².